The Bertz CT molecular complexity index is 1830. The quantitative estimate of drug-likeness (QED) is 0.0798. The lowest BCUT2D eigenvalue weighted by molar-refractivity contribution is -0.131. The Kier molecular flexibility index (Phi) is 16.5. The highest BCUT2D eigenvalue weighted by Crippen LogP contribution is 2.39. The molecule has 0 saturated carbocycles. The van der Waals surface area contributed by atoms with E-state index in [1.54, 1.807) is 61.5 Å². The second-order valence-electron chi connectivity index (χ2n) is 16.3. The molecule has 300 valence electrons. The van der Waals surface area contributed by atoms with Crippen LogP contribution >= 0.6 is 0 Å². The third kappa shape index (κ3) is 13.8. The van der Waals surface area contributed by atoms with Gasteiger partial charge in [0.05, 0.1) is 23.6 Å². The third-order valence-electron chi connectivity index (χ3n) is 10.2. The number of rotatable bonds is 20. The predicted octanol–water partition coefficient (Wildman–Crippen LogP) is 7.59. The third-order valence-corrected chi connectivity index (χ3v) is 16.5. The first-order valence-electron chi connectivity index (χ1n) is 19.1. The standard InChI is InChI=1S/C43H62N4O6SSi/c1-11-19-35(41(49)45-32(4)40(48)44-29-33-20-14-12-15-21-33)28-39(53-55(9,10)43(5,6)7)38(26-31(2)3)46-42(50)36-24-18-25-37(27-36)47(8)54(51,52)30-34-22-16-13-17-23-34/h11-18,20-25,27,31-32,35,38-39H,1,19,26,28-30H2,2-10H3,(H,44,48)(H,45,49)(H,46,50)/t32-,35+,38-,39-/m0/s1. The van der Waals surface area contributed by atoms with Crippen molar-refractivity contribution in [2.24, 2.45) is 11.8 Å². The number of hydrogen-bond donors (Lipinski definition) is 3. The van der Waals surface area contributed by atoms with Crippen LogP contribution in [-0.2, 0) is 36.3 Å². The number of carbonyl (C=O) groups is 3. The first-order chi connectivity index (χ1) is 25.7. The second-order valence-corrected chi connectivity index (χ2v) is 23.0. The van der Waals surface area contributed by atoms with E-state index in [4.69, 9.17) is 4.43 Å². The zero-order chi connectivity index (χ0) is 41.0. The van der Waals surface area contributed by atoms with Crippen LogP contribution in [0, 0.1) is 11.8 Å². The molecule has 3 aromatic carbocycles. The van der Waals surface area contributed by atoms with Crippen LogP contribution in [0.4, 0.5) is 5.69 Å². The van der Waals surface area contributed by atoms with Crippen LogP contribution < -0.4 is 20.3 Å². The molecule has 0 fully saturated rings. The summed E-state index contributed by atoms with van der Waals surface area (Å²) >= 11 is 0. The molecule has 3 amide bonds. The van der Waals surface area contributed by atoms with Gasteiger partial charge < -0.3 is 20.4 Å². The van der Waals surface area contributed by atoms with Crippen molar-refractivity contribution >= 4 is 41.7 Å². The number of nitrogens with zero attached hydrogens (tertiary/aromatic N) is 1. The van der Waals surface area contributed by atoms with Gasteiger partial charge in [-0.15, -0.1) is 6.58 Å². The minimum Gasteiger partial charge on any atom is -0.412 e. The van der Waals surface area contributed by atoms with Crippen molar-refractivity contribution in [3.05, 3.63) is 114 Å². The summed E-state index contributed by atoms with van der Waals surface area (Å²) in [7, 11) is -4.71. The number of nitrogens with one attached hydrogen (secondary N) is 3. The molecule has 0 bridgehead atoms. The first-order valence-corrected chi connectivity index (χ1v) is 23.6. The lowest BCUT2D eigenvalue weighted by Gasteiger charge is -2.42. The van der Waals surface area contributed by atoms with Gasteiger partial charge in [-0.2, -0.15) is 0 Å². The average molecular weight is 791 g/mol. The number of anilines is 1. The summed E-state index contributed by atoms with van der Waals surface area (Å²) in [6.45, 7) is 20.8. The lowest BCUT2D eigenvalue weighted by Crippen LogP contribution is -2.54. The van der Waals surface area contributed by atoms with Crippen LogP contribution in [0.25, 0.3) is 0 Å². The molecule has 3 rings (SSSR count). The Morgan fingerprint density at radius 3 is 2.02 bits per heavy atom. The molecular weight excluding hydrogens is 729 g/mol. The molecule has 10 nitrogen and oxygen atoms in total. The van der Waals surface area contributed by atoms with Crippen molar-refractivity contribution in [2.45, 2.75) is 109 Å². The van der Waals surface area contributed by atoms with Crippen LogP contribution in [0.1, 0.15) is 82.3 Å². The van der Waals surface area contributed by atoms with Gasteiger partial charge in [-0.1, -0.05) is 107 Å². The van der Waals surface area contributed by atoms with Crippen molar-refractivity contribution in [3.63, 3.8) is 0 Å². The maximum atomic E-state index is 14.1. The van der Waals surface area contributed by atoms with Crippen LogP contribution in [0.2, 0.25) is 18.1 Å². The molecule has 0 saturated heterocycles. The van der Waals surface area contributed by atoms with Gasteiger partial charge in [0.2, 0.25) is 21.8 Å². The summed E-state index contributed by atoms with van der Waals surface area (Å²) in [5.74, 6) is -1.58. The fraction of sp³-hybridized carbons (Fsp3) is 0.465. The molecular formula is C43H62N4O6SSi. The molecule has 0 heterocycles. The highest BCUT2D eigenvalue weighted by atomic mass is 32.2. The highest BCUT2D eigenvalue weighted by Gasteiger charge is 2.42. The van der Waals surface area contributed by atoms with Gasteiger partial charge in [0.25, 0.3) is 5.91 Å². The molecule has 0 unspecified atom stereocenters. The van der Waals surface area contributed by atoms with Gasteiger partial charge in [-0.25, -0.2) is 8.42 Å². The van der Waals surface area contributed by atoms with Gasteiger partial charge in [-0.3, -0.25) is 18.7 Å². The fourth-order valence-electron chi connectivity index (χ4n) is 5.93. The first kappa shape index (κ1) is 45.1. The topological polar surface area (TPSA) is 134 Å². The lowest BCUT2D eigenvalue weighted by atomic mass is 9.89. The van der Waals surface area contributed by atoms with E-state index in [-0.39, 0.29) is 40.9 Å². The molecule has 55 heavy (non-hydrogen) atoms. The van der Waals surface area contributed by atoms with Gasteiger partial charge in [0, 0.05) is 25.1 Å². The van der Waals surface area contributed by atoms with E-state index in [0.29, 0.717) is 36.2 Å². The Balaban J connectivity index is 1.88. The SMILES string of the molecule is C=CC[C@H](C[C@H](O[Si](C)(C)C(C)(C)C)[C@H](CC(C)C)NC(=O)c1cccc(N(C)S(=O)(=O)Cc2ccccc2)c1)C(=O)N[C@@H](C)C(=O)NCc1ccccc1. The van der Waals surface area contributed by atoms with Crippen molar-refractivity contribution in [1.82, 2.24) is 16.0 Å². The second kappa shape index (κ2) is 20.1. The summed E-state index contributed by atoms with van der Waals surface area (Å²) < 4.78 is 35.0. The smallest absolute Gasteiger partial charge is 0.251 e. The summed E-state index contributed by atoms with van der Waals surface area (Å²) in [6.07, 6.45) is 2.33. The zero-order valence-electron chi connectivity index (χ0n) is 34.1. The molecule has 0 aliphatic heterocycles. The molecule has 0 aliphatic carbocycles. The van der Waals surface area contributed by atoms with E-state index in [1.165, 1.54) is 11.4 Å². The molecule has 12 heteroatoms. The fourth-order valence-corrected chi connectivity index (χ4v) is 8.54. The zero-order valence-corrected chi connectivity index (χ0v) is 35.9. The van der Waals surface area contributed by atoms with Gasteiger partial charge in [-0.05, 0) is 79.6 Å². The van der Waals surface area contributed by atoms with Crippen molar-refractivity contribution in [3.8, 4) is 0 Å². The van der Waals surface area contributed by atoms with Crippen molar-refractivity contribution in [1.29, 1.82) is 0 Å². The molecule has 4 atom stereocenters. The van der Waals surface area contributed by atoms with E-state index >= 15 is 0 Å². The summed E-state index contributed by atoms with van der Waals surface area (Å²) in [5, 5.41) is 8.87. The van der Waals surface area contributed by atoms with Gasteiger partial charge >= 0.3 is 0 Å². The Morgan fingerprint density at radius 1 is 0.855 bits per heavy atom. The van der Waals surface area contributed by atoms with Crippen LogP contribution in [-0.4, -0.2) is 59.7 Å². The maximum absolute atomic E-state index is 14.1. The van der Waals surface area contributed by atoms with Crippen molar-refractivity contribution < 1.29 is 27.2 Å². The number of allylic oxidation sites excluding steroid dienone is 1. The van der Waals surface area contributed by atoms with E-state index in [0.717, 1.165) is 5.56 Å². The molecule has 3 N–H and O–H groups in total. The largest absolute Gasteiger partial charge is 0.412 e. The van der Waals surface area contributed by atoms with E-state index in [9.17, 15) is 22.8 Å². The molecule has 0 radical (unpaired) electrons. The van der Waals surface area contributed by atoms with Crippen molar-refractivity contribution in [2.75, 3.05) is 11.4 Å². The number of amides is 3. The monoisotopic (exact) mass is 790 g/mol. The minimum absolute atomic E-state index is 0.163. The van der Waals surface area contributed by atoms with Gasteiger partial charge in [0.1, 0.15) is 6.04 Å². The molecule has 0 spiro atoms. The van der Waals surface area contributed by atoms with Crippen LogP contribution in [0.15, 0.2) is 97.6 Å². The van der Waals surface area contributed by atoms with Crippen LogP contribution in [0.3, 0.4) is 0 Å². The van der Waals surface area contributed by atoms with E-state index in [2.05, 4.69) is 70.2 Å². The summed E-state index contributed by atoms with van der Waals surface area (Å²) in [5.41, 5.74) is 2.28. The number of hydrogen-bond acceptors (Lipinski definition) is 6. The normalized spacial score (nSPS) is 14.3. The van der Waals surface area contributed by atoms with Crippen LogP contribution in [0.5, 0.6) is 0 Å². The average Bonchev–Trinajstić information content (AvgIpc) is 3.12. The highest BCUT2D eigenvalue weighted by molar-refractivity contribution is 7.92. The Morgan fingerprint density at radius 2 is 1.45 bits per heavy atom. The summed E-state index contributed by atoms with van der Waals surface area (Å²) in [6, 6.07) is 23.8. The number of carbonyl (C=O) groups excluding carboxylic acids is 3. The predicted molar refractivity (Wildman–Crippen MR) is 226 cm³/mol. The molecule has 3 aromatic rings. The molecule has 0 aromatic heterocycles. The Hall–Kier alpha value is -4.26. The maximum Gasteiger partial charge on any atom is 0.251 e. The minimum atomic E-state index is -3.74. The van der Waals surface area contributed by atoms with E-state index in [1.807, 2.05) is 36.4 Å². The number of sulfonamides is 1. The summed E-state index contributed by atoms with van der Waals surface area (Å²) in [4.78, 5) is 41.0. The van der Waals surface area contributed by atoms with E-state index < -0.39 is 42.4 Å². The van der Waals surface area contributed by atoms with Gasteiger partial charge in [0.15, 0.2) is 8.32 Å². The number of benzene rings is 3. The Labute approximate surface area is 330 Å². The molecule has 0 aliphatic rings.